The summed E-state index contributed by atoms with van der Waals surface area (Å²) in [5.41, 5.74) is 3.29. The Kier molecular flexibility index (Phi) is 5.41. The molecule has 4 nitrogen and oxygen atoms in total. The largest absolute Gasteiger partial charge is 0.489 e. The second-order valence-corrected chi connectivity index (χ2v) is 8.29. The summed E-state index contributed by atoms with van der Waals surface area (Å²) in [7, 11) is 0. The molecule has 6 heteroatoms. The second kappa shape index (κ2) is 8.38. The molecule has 5 rings (SSSR count). The van der Waals surface area contributed by atoms with Crippen molar-refractivity contribution in [2.75, 3.05) is 0 Å². The molecule has 0 bridgehead atoms. The molecule has 1 aliphatic heterocycles. The van der Waals surface area contributed by atoms with Gasteiger partial charge < -0.3 is 14.0 Å². The number of para-hydroxylation sites is 1. The lowest BCUT2D eigenvalue weighted by Crippen LogP contribution is -1.98. The molecule has 0 unspecified atom stereocenters. The Labute approximate surface area is 195 Å². The topological polar surface area (TPSA) is 40.5 Å². The molecule has 0 amide bonds. The number of fused-ring (bicyclic) bond motifs is 2. The molecule has 0 fully saturated rings. The number of hydrogen-bond acceptors (Lipinski definition) is 3. The number of ether oxygens (including phenoxy) is 2. The van der Waals surface area contributed by atoms with Gasteiger partial charge in [0.15, 0.2) is 5.76 Å². The molecule has 160 valence electrons. The van der Waals surface area contributed by atoms with Crippen LogP contribution in [0.25, 0.3) is 17.0 Å². The molecule has 32 heavy (non-hydrogen) atoms. The highest BCUT2D eigenvalue weighted by molar-refractivity contribution is 6.35. The minimum atomic E-state index is -0.144. The van der Waals surface area contributed by atoms with E-state index in [9.17, 15) is 4.79 Å². The van der Waals surface area contributed by atoms with Crippen molar-refractivity contribution in [2.24, 2.45) is 0 Å². The third-order valence-corrected chi connectivity index (χ3v) is 6.24. The number of aromatic nitrogens is 1. The van der Waals surface area contributed by atoms with Crippen LogP contribution in [0.1, 0.15) is 28.4 Å². The number of aryl methyl sites for hydroxylation is 1. The first-order valence-corrected chi connectivity index (χ1v) is 11.0. The van der Waals surface area contributed by atoms with E-state index in [2.05, 4.69) is 17.6 Å². The average Bonchev–Trinajstić information content (AvgIpc) is 3.31. The average molecular weight is 464 g/mol. The first kappa shape index (κ1) is 20.7. The smallest absolute Gasteiger partial charge is 0.231 e. The number of carbonyl (C=O) groups excluding carboxylic acids is 1. The van der Waals surface area contributed by atoms with Crippen LogP contribution in [-0.4, -0.2) is 10.4 Å². The molecule has 1 aliphatic rings. The Bertz CT molecular complexity index is 1370. The predicted octanol–water partition coefficient (Wildman–Crippen LogP) is 7.16. The minimum Gasteiger partial charge on any atom is -0.489 e. The van der Waals surface area contributed by atoms with E-state index in [-0.39, 0.29) is 12.4 Å². The van der Waals surface area contributed by atoms with E-state index in [0.29, 0.717) is 38.4 Å². The van der Waals surface area contributed by atoms with Gasteiger partial charge in [0.2, 0.25) is 5.78 Å². The third-order valence-electron chi connectivity index (χ3n) is 5.53. The fraction of sp³-hybridized carbons (Fsp3) is 0.115. The van der Waals surface area contributed by atoms with Crippen LogP contribution in [0.2, 0.25) is 10.0 Å². The molecule has 0 aliphatic carbocycles. The number of nitrogens with zero attached hydrogens (tertiary/aromatic N) is 1. The Morgan fingerprint density at radius 1 is 1.03 bits per heavy atom. The summed E-state index contributed by atoms with van der Waals surface area (Å²) in [6, 6.07) is 18.6. The van der Waals surface area contributed by atoms with Gasteiger partial charge in [-0.3, -0.25) is 4.79 Å². The molecule has 0 radical (unpaired) electrons. The molecule has 4 aromatic rings. The number of Topliss-reactive ketones (excluding diaryl/α,β-unsaturated/α-hetero) is 1. The first-order valence-electron chi connectivity index (χ1n) is 10.3. The van der Waals surface area contributed by atoms with E-state index >= 15 is 0 Å². The van der Waals surface area contributed by atoms with Crippen LogP contribution < -0.4 is 9.47 Å². The summed E-state index contributed by atoms with van der Waals surface area (Å²) in [6.07, 6.45) is 3.85. The van der Waals surface area contributed by atoms with Gasteiger partial charge in [0.25, 0.3) is 0 Å². The van der Waals surface area contributed by atoms with Gasteiger partial charge in [0.05, 0.1) is 5.56 Å². The van der Waals surface area contributed by atoms with Crippen molar-refractivity contribution in [3.63, 3.8) is 0 Å². The van der Waals surface area contributed by atoms with Crippen LogP contribution >= 0.6 is 23.2 Å². The zero-order chi connectivity index (χ0) is 22.2. The number of allylic oxidation sites excluding steroid dienone is 1. The van der Waals surface area contributed by atoms with E-state index in [1.54, 1.807) is 42.5 Å². The van der Waals surface area contributed by atoms with Crippen LogP contribution in [0.4, 0.5) is 0 Å². The minimum absolute atomic E-state index is 0.144. The van der Waals surface area contributed by atoms with E-state index in [1.807, 2.05) is 24.4 Å². The van der Waals surface area contributed by atoms with Crippen molar-refractivity contribution < 1.29 is 14.3 Å². The molecular weight excluding hydrogens is 445 g/mol. The van der Waals surface area contributed by atoms with Crippen molar-refractivity contribution in [3.8, 4) is 11.5 Å². The lowest BCUT2D eigenvalue weighted by atomic mass is 10.1. The summed E-state index contributed by atoms with van der Waals surface area (Å²) < 4.78 is 13.9. The molecule has 0 atom stereocenters. The lowest BCUT2D eigenvalue weighted by Gasteiger charge is -2.10. The molecule has 2 heterocycles. The number of hydrogen-bond donors (Lipinski definition) is 0. The fourth-order valence-corrected chi connectivity index (χ4v) is 4.38. The number of benzene rings is 3. The third kappa shape index (κ3) is 3.66. The summed E-state index contributed by atoms with van der Waals surface area (Å²) in [4.78, 5) is 12.9. The summed E-state index contributed by atoms with van der Waals surface area (Å²) in [5.74, 6) is 1.19. The zero-order valence-electron chi connectivity index (χ0n) is 17.3. The van der Waals surface area contributed by atoms with E-state index in [0.717, 1.165) is 23.0 Å². The van der Waals surface area contributed by atoms with Crippen LogP contribution in [0.5, 0.6) is 11.5 Å². The van der Waals surface area contributed by atoms with Crippen molar-refractivity contribution in [1.29, 1.82) is 0 Å². The Morgan fingerprint density at radius 3 is 2.59 bits per heavy atom. The van der Waals surface area contributed by atoms with Crippen molar-refractivity contribution in [1.82, 2.24) is 4.57 Å². The van der Waals surface area contributed by atoms with E-state index < -0.39 is 0 Å². The molecule has 3 aromatic carbocycles. The second-order valence-electron chi connectivity index (χ2n) is 7.47. The highest BCUT2D eigenvalue weighted by Crippen LogP contribution is 2.36. The predicted molar refractivity (Wildman–Crippen MR) is 128 cm³/mol. The van der Waals surface area contributed by atoms with Crippen LogP contribution in [-0.2, 0) is 13.2 Å². The highest BCUT2D eigenvalue weighted by atomic mass is 35.5. The van der Waals surface area contributed by atoms with Gasteiger partial charge >= 0.3 is 0 Å². The normalized spacial score (nSPS) is 14.1. The van der Waals surface area contributed by atoms with Crippen LogP contribution in [0, 0.1) is 0 Å². The van der Waals surface area contributed by atoms with Crippen LogP contribution in [0.15, 0.2) is 72.6 Å². The van der Waals surface area contributed by atoms with Gasteiger partial charge in [-0.05, 0) is 43.3 Å². The maximum atomic E-state index is 12.9. The Morgan fingerprint density at radius 2 is 1.81 bits per heavy atom. The summed E-state index contributed by atoms with van der Waals surface area (Å²) >= 11 is 12.4. The number of ketones is 1. The number of halogens is 2. The van der Waals surface area contributed by atoms with Gasteiger partial charge in [0.1, 0.15) is 18.1 Å². The molecule has 0 saturated heterocycles. The van der Waals surface area contributed by atoms with Gasteiger partial charge in [0, 0.05) is 50.9 Å². The number of rotatable bonds is 5. The monoisotopic (exact) mass is 463 g/mol. The van der Waals surface area contributed by atoms with Gasteiger partial charge in [-0.15, -0.1) is 0 Å². The fourth-order valence-electron chi connectivity index (χ4n) is 3.88. The molecular formula is C26H19Cl2NO3. The molecule has 1 aromatic heterocycles. The van der Waals surface area contributed by atoms with Gasteiger partial charge in [-0.2, -0.15) is 0 Å². The van der Waals surface area contributed by atoms with Crippen molar-refractivity contribution in [2.45, 2.75) is 20.1 Å². The maximum absolute atomic E-state index is 12.9. The van der Waals surface area contributed by atoms with Crippen molar-refractivity contribution in [3.05, 3.63) is 99.4 Å². The first-order chi connectivity index (χ1) is 15.5. The quantitative estimate of drug-likeness (QED) is 0.294. The molecule has 0 saturated carbocycles. The van der Waals surface area contributed by atoms with Gasteiger partial charge in [-0.1, -0.05) is 47.5 Å². The number of carbonyl (C=O) groups is 1. The van der Waals surface area contributed by atoms with E-state index in [4.69, 9.17) is 32.7 Å². The van der Waals surface area contributed by atoms with Gasteiger partial charge in [-0.25, -0.2) is 0 Å². The Balaban J connectivity index is 1.41. The standard InChI is InChI=1S/C26H19Cl2NO3/c1-2-29-14-16(18-6-3-4-9-23(18)29)12-25-26(30)19-11-10-17(13-24(19)32-25)31-15-20-21(27)7-5-8-22(20)28/h3-14H,2,15H2,1H3. The van der Waals surface area contributed by atoms with Crippen LogP contribution in [0.3, 0.4) is 0 Å². The summed E-state index contributed by atoms with van der Waals surface area (Å²) in [5, 5.41) is 2.16. The van der Waals surface area contributed by atoms with E-state index in [1.165, 1.54) is 0 Å². The van der Waals surface area contributed by atoms with Crippen molar-refractivity contribution >= 4 is 46.0 Å². The summed E-state index contributed by atoms with van der Waals surface area (Å²) in [6.45, 7) is 3.15. The molecule has 0 N–H and O–H groups in total. The lowest BCUT2D eigenvalue weighted by molar-refractivity contribution is 0.101. The Hall–Kier alpha value is -3.21. The maximum Gasteiger partial charge on any atom is 0.231 e. The SMILES string of the molecule is CCn1cc(C=C2Oc3cc(OCc4c(Cl)cccc4Cl)ccc3C2=O)c2ccccc21. The molecule has 0 spiro atoms. The highest BCUT2D eigenvalue weighted by Gasteiger charge is 2.28. The zero-order valence-corrected chi connectivity index (χ0v) is 18.8.